The number of pyridine rings is 2. The van der Waals surface area contributed by atoms with Crippen LogP contribution in [-0.2, 0) is 7.05 Å². The maximum Gasteiger partial charge on any atom is 0.255 e. The molecule has 0 atom stereocenters. The Morgan fingerprint density at radius 1 is 1.15 bits per heavy atom. The molecule has 0 saturated carbocycles. The Kier molecular flexibility index (Phi) is 5.03. The zero-order chi connectivity index (χ0) is 18.7. The molecule has 1 fully saturated rings. The van der Waals surface area contributed by atoms with Gasteiger partial charge in [0.2, 0.25) is 5.56 Å². The minimum atomic E-state index is -0.141. The molecule has 1 aliphatic rings. The molecule has 1 amide bonds. The van der Waals surface area contributed by atoms with Crippen molar-refractivity contribution < 1.29 is 4.79 Å². The van der Waals surface area contributed by atoms with Crippen LogP contribution in [0.3, 0.4) is 0 Å². The average Bonchev–Trinajstić information content (AvgIpc) is 2.89. The van der Waals surface area contributed by atoms with E-state index in [4.69, 9.17) is 0 Å². The number of hydrogen-bond donors (Lipinski definition) is 0. The zero-order valence-corrected chi connectivity index (χ0v) is 15.0. The topological polar surface area (TPSA) is 82.2 Å². The second-order valence-corrected chi connectivity index (χ2v) is 6.44. The first-order valence-electron chi connectivity index (χ1n) is 8.58. The standard InChI is InChI=1S/C19H21N5O2/c1-14-4-5-15(12-20)18(21-14)23-8-3-9-24(11-10-23)19(26)16-6-7-17(25)22(2)13-16/h4-7,13H,3,8-11H2,1-2H3. The van der Waals surface area contributed by atoms with E-state index < -0.39 is 0 Å². The molecule has 0 spiro atoms. The van der Waals surface area contributed by atoms with Gasteiger partial charge in [-0.1, -0.05) is 0 Å². The van der Waals surface area contributed by atoms with Crippen molar-refractivity contribution in [1.82, 2.24) is 14.5 Å². The number of rotatable bonds is 2. The number of carbonyl (C=O) groups excluding carboxylic acids is 1. The highest BCUT2D eigenvalue weighted by molar-refractivity contribution is 5.94. The molecule has 3 rings (SSSR count). The summed E-state index contributed by atoms with van der Waals surface area (Å²) in [6, 6.07) is 8.79. The number of amides is 1. The fourth-order valence-electron chi connectivity index (χ4n) is 3.11. The molecule has 7 heteroatoms. The first-order valence-corrected chi connectivity index (χ1v) is 8.58. The molecule has 7 nitrogen and oxygen atoms in total. The highest BCUT2D eigenvalue weighted by atomic mass is 16.2. The number of nitriles is 1. The van der Waals surface area contributed by atoms with Crippen LogP contribution >= 0.6 is 0 Å². The van der Waals surface area contributed by atoms with E-state index in [2.05, 4.69) is 16.0 Å². The van der Waals surface area contributed by atoms with Crippen molar-refractivity contribution in [2.75, 3.05) is 31.1 Å². The summed E-state index contributed by atoms with van der Waals surface area (Å²) in [5.41, 5.74) is 1.78. The Labute approximate surface area is 152 Å². The van der Waals surface area contributed by atoms with Crippen molar-refractivity contribution in [1.29, 1.82) is 5.26 Å². The van der Waals surface area contributed by atoms with Crippen LogP contribution < -0.4 is 10.5 Å². The molecule has 2 aromatic heterocycles. The van der Waals surface area contributed by atoms with Gasteiger partial charge in [-0.05, 0) is 31.5 Å². The van der Waals surface area contributed by atoms with Gasteiger partial charge >= 0.3 is 0 Å². The molecular weight excluding hydrogens is 330 g/mol. The maximum atomic E-state index is 12.8. The summed E-state index contributed by atoms with van der Waals surface area (Å²) in [6.07, 6.45) is 2.36. The number of aryl methyl sites for hydroxylation is 2. The van der Waals surface area contributed by atoms with Gasteiger partial charge in [0.05, 0.1) is 11.1 Å². The van der Waals surface area contributed by atoms with Crippen molar-refractivity contribution in [2.45, 2.75) is 13.3 Å². The van der Waals surface area contributed by atoms with Crippen molar-refractivity contribution in [3.8, 4) is 6.07 Å². The summed E-state index contributed by atoms with van der Waals surface area (Å²) in [4.78, 5) is 32.7. The lowest BCUT2D eigenvalue weighted by atomic mass is 10.2. The first-order chi connectivity index (χ1) is 12.5. The summed E-state index contributed by atoms with van der Waals surface area (Å²) in [5.74, 6) is 0.601. The van der Waals surface area contributed by atoms with E-state index >= 15 is 0 Å². The first kappa shape index (κ1) is 17.7. The number of anilines is 1. The fourth-order valence-corrected chi connectivity index (χ4v) is 3.11. The number of aromatic nitrogens is 2. The third kappa shape index (κ3) is 3.59. The zero-order valence-electron chi connectivity index (χ0n) is 15.0. The fraction of sp³-hybridized carbons (Fsp3) is 0.368. The molecule has 0 radical (unpaired) electrons. The highest BCUT2D eigenvalue weighted by Gasteiger charge is 2.22. The third-order valence-corrected chi connectivity index (χ3v) is 4.55. The predicted octanol–water partition coefficient (Wildman–Crippen LogP) is 1.31. The van der Waals surface area contributed by atoms with E-state index in [1.165, 1.54) is 10.6 Å². The Morgan fingerprint density at radius 2 is 1.96 bits per heavy atom. The average molecular weight is 351 g/mol. The van der Waals surface area contributed by atoms with Crippen LogP contribution in [0.5, 0.6) is 0 Å². The molecule has 26 heavy (non-hydrogen) atoms. The SMILES string of the molecule is Cc1ccc(C#N)c(N2CCCN(C(=O)c3ccc(=O)n(C)c3)CC2)n1. The lowest BCUT2D eigenvalue weighted by molar-refractivity contribution is 0.0766. The normalized spacial score (nSPS) is 14.7. The van der Waals surface area contributed by atoms with Crippen molar-refractivity contribution >= 4 is 11.7 Å². The molecule has 0 aliphatic carbocycles. The van der Waals surface area contributed by atoms with E-state index in [9.17, 15) is 14.9 Å². The molecule has 0 unspecified atom stereocenters. The molecular formula is C19H21N5O2. The van der Waals surface area contributed by atoms with Crippen LogP contribution in [0.4, 0.5) is 5.82 Å². The van der Waals surface area contributed by atoms with Gasteiger partial charge in [-0.15, -0.1) is 0 Å². The van der Waals surface area contributed by atoms with Crippen LogP contribution in [-0.4, -0.2) is 46.5 Å². The quantitative estimate of drug-likeness (QED) is 0.815. The summed E-state index contributed by atoms with van der Waals surface area (Å²) >= 11 is 0. The van der Waals surface area contributed by atoms with Gasteiger partial charge in [0.25, 0.3) is 5.91 Å². The minimum absolute atomic E-state index is 0.0832. The Hall–Kier alpha value is -3.14. The highest BCUT2D eigenvalue weighted by Crippen LogP contribution is 2.20. The van der Waals surface area contributed by atoms with Crippen LogP contribution in [0.1, 0.15) is 28.0 Å². The van der Waals surface area contributed by atoms with E-state index in [1.807, 2.05) is 13.0 Å². The number of hydrogen-bond acceptors (Lipinski definition) is 5. The van der Waals surface area contributed by atoms with Gasteiger partial charge in [0.1, 0.15) is 11.9 Å². The monoisotopic (exact) mass is 351 g/mol. The van der Waals surface area contributed by atoms with E-state index in [-0.39, 0.29) is 11.5 Å². The van der Waals surface area contributed by atoms with Crippen molar-refractivity contribution in [3.63, 3.8) is 0 Å². The molecule has 0 N–H and O–H groups in total. The second-order valence-electron chi connectivity index (χ2n) is 6.44. The van der Waals surface area contributed by atoms with Crippen LogP contribution in [0.25, 0.3) is 0 Å². The molecule has 3 heterocycles. The third-order valence-electron chi connectivity index (χ3n) is 4.55. The number of nitrogens with zero attached hydrogens (tertiary/aromatic N) is 5. The molecule has 1 aliphatic heterocycles. The molecule has 1 saturated heterocycles. The largest absolute Gasteiger partial charge is 0.354 e. The summed E-state index contributed by atoms with van der Waals surface area (Å²) in [7, 11) is 1.64. The van der Waals surface area contributed by atoms with Crippen LogP contribution in [0.2, 0.25) is 0 Å². The van der Waals surface area contributed by atoms with Crippen molar-refractivity contribution in [3.05, 3.63) is 57.6 Å². The number of carbonyl (C=O) groups is 1. The van der Waals surface area contributed by atoms with Gasteiger partial charge in [-0.25, -0.2) is 4.98 Å². The molecule has 0 bridgehead atoms. The van der Waals surface area contributed by atoms with Gasteiger partial charge in [-0.2, -0.15) is 5.26 Å². The summed E-state index contributed by atoms with van der Waals surface area (Å²) in [5, 5.41) is 9.34. The predicted molar refractivity (Wildman–Crippen MR) is 98.1 cm³/mol. The Bertz CT molecular complexity index is 928. The van der Waals surface area contributed by atoms with Gasteiger partial charge in [0, 0.05) is 51.2 Å². The smallest absolute Gasteiger partial charge is 0.255 e. The van der Waals surface area contributed by atoms with Gasteiger partial charge < -0.3 is 14.4 Å². The molecule has 0 aromatic carbocycles. The van der Waals surface area contributed by atoms with E-state index in [0.29, 0.717) is 36.6 Å². The lowest BCUT2D eigenvalue weighted by Crippen LogP contribution is -2.36. The molecule has 134 valence electrons. The van der Waals surface area contributed by atoms with Gasteiger partial charge in [-0.3, -0.25) is 9.59 Å². The maximum absolute atomic E-state index is 12.8. The second kappa shape index (κ2) is 7.40. The van der Waals surface area contributed by atoms with Crippen molar-refractivity contribution in [2.24, 2.45) is 7.05 Å². The Morgan fingerprint density at radius 3 is 2.69 bits per heavy atom. The molecule has 2 aromatic rings. The minimum Gasteiger partial charge on any atom is -0.354 e. The van der Waals surface area contributed by atoms with Crippen LogP contribution in [0, 0.1) is 18.3 Å². The van der Waals surface area contributed by atoms with E-state index in [1.54, 1.807) is 30.3 Å². The summed E-state index contributed by atoms with van der Waals surface area (Å²) in [6.45, 7) is 4.43. The summed E-state index contributed by atoms with van der Waals surface area (Å²) < 4.78 is 1.41. The lowest BCUT2D eigenvalue weighted by Gasteiger charge is -2.24. The Balaban J connectivity index is 1.77. The van der Waals surface area contributed by atoms with E-state index in [0.717, 1.165) is 18.7 Å². The van der Waals surface area contributed by atoms with Gasteiger partial charge in [0.15, 0.2) is 0 Å². The van der Waals surface area contributed by atoms with Crippen LogP contribution in [0.15, 0.2) is 35.3 Å².